The molecule has 5 heteroatoms. The number of carbonyl (C=O) groups excluding carboxylic acids is 1. The quantitative estimate of drug-likeness (QED) is 0.594. The average molecular weight is 374 g/mol. The van der Waals surface area contributed by atoms with E-state index in [1.54, 1.807) is 12.3 Å². The number of anilines is 4. The lowest BCUT2D eigenvalue weighted by Gasteiger charge is -2.21. The summed E-state index contributed by atoms with van der Waals surface area (Å²) in [5.74, 6) is -0.233. The highest BCUT2D eigenvalue weighted by Crippen LogP contribution is 2.20. The summed E-state index contributed by atoms with van der Waals surface area (Å²) in [7, 11) is 0. The number of nitrogens with zero attached hydrogens (tertiary/aromatic N) is 2. The van der Waals surface area contributed by atoms with E-state index < -0.39 is 0 Å². The van der Waals surface area contributed by atoms with Gasteiger partial charge in [-0.15, -0.1) is 0 Å². The molecular weight excluding hydrogens is 348 g/mol. The Hall–Kier alpha value is -3.34. The van der Waals surface area contributed by atoms with Gasteiger partial charge in [0.15, 0.2) is 0 Å². The fourth-order valence-corrected chi connectivity index (χ4v) is 3.06. The van der Waals surface area contributed by atoms with Crippen LogP contribution in [0.2, 0.25) is 0 Å². The maximum atomic E-state index is 12.6. The molecule has 0 spiro atoms. The number of amides is 1. The van der Waals surface area contributed by atoms with Crippen molar-refractivity contribution in [1.29, 1.82) is 0 Å². The van der Waals surface area contributed by atoms with Crippen molar-refractivity contribution in [2.45, 2.75) is 20.8 Å². The van der Waals surface area contributed by atoms with Gasteiger partial charge in [0.25, 0.3) is 5.91 Å². The molecular formula is C23H26N4O. The van der Waals surface area contributed by atoms with Gasteiger partial charge in [0.1, 0.15) is 5.69 Å². The van der Waals surface area contributed by atoms with E-state index in [0.29, 0.717) is 5.69 Å². The van der Waals surface area contributed by atoms with Crippen molar-refractivity contribution in [2.75, 3.05) is 28.6 Å². The lowest BCUT2D eigenvalue weighted by atomic mass is 10.2. The Kier molecular flexibility index (Phi) is 6.27. The van der Waals surface area contributed by atoms with Crippen molar-refractivity contribution < 1.29 is 4.79 Å². The smallest absolute Gasteiger partial charge is 0.274 e. The number of rotatable bonds is 7. The van der Waals surface area contributed by atoms with Crippen LogP contribution in [-0.2, 0) is 0 Å². The van der Waals surface area contributed by atoms with Gasteiger partial charge in [-0.25, -0.2) is 0 Å². The van der Waals surface area contributed by atoms with E-state index in [1.807, 2.05) is 55.5 Å². The van der Waals surface area contributed by atoms with Crippen LogP contribution in [0.15, 0.2) is 66.9 Å². The Balaban J connectivity index is 1.69. The molecule has 0 radical (unpaired) electrons. The highest BCUT2D eigenvalue weighted by Gasteiger charge is 2.09. The minimum atomic E-state index is -0.233. The molecule has 3 aromatic rings. The van der Waals surface area contributed by atoms with Crippen LogP contribution in [0.4, 0.5) is 22.7 Å². The van der Waals surface area contributed by atoms with E-state index in [2.05, 4.69) is 40.4 Å². The lowest BCUT2D eigenvalue weighted by molar-refractivity contribution is 0.102. The van der Waals surface area contributed by atoms with Gasteiger partial charge in [-0.1, -0.05) is 12.1 Å². The molecule has 3 rings (SSSR count). The van der Waals surface area contributed by atoms with Gasteiger partial charge in [-0.3, -0.25) is 9.78 Å². The summed E-state index contributed by atoms with van der Waals surface area (Å²) in [6, 6.07) is 19.6. The SMILES string of the molecule is CCN(CC)c1ccc(NC(=O)c2cc(Nc3cccc(C)c3)ccn2)cc1. The first-order valence-corrected chi connectivity index (χ1v) is 9.55. The lowest BCUT2D eigenvalue weighted by Crippen LogP contribution is -2.21. The number of aryl methyl sites for hydroxylation is 1. The summed E-state index contributed by atoms with van der Waals surface area (Å²) in [4.78, 5) is 19.1. The maximum absolute atomic E-state index is 12.6. The van der Waals surface area contributed by atoms with Crippen molar-refractivity contribution in [3.8, 4) is 0 Å². The summed E-state index contributed by atoms with van der Waals surface area (Å²) in [5, 5.41) is 6.22. The number of carbonyl (C=O) groups is 1. The fourth-order valence-electron chi connectivity index (χ4n) is 3.06. The van der Waals surface area contributed by atoms with Crippen molar-refractivity contribution in [2.24, 2.45) is 0 Å². The summed E-state index contributed by atoms with van der Waals surface area (Å²) in [5.41, 5.74) is 5.23. The zero-order valence-corrected chi connectivity index (χ0v) is 16.6. The van der Waals surface area contributed by atoms with Crippen molar-refractivity contribution >= 4 is 28.7 Å². The largest absolute Gasteiger partial charge is 0.372 e. The van der Waals surface area contributed by atoms with Crippen LogP contribution in [0.3, 0.4) is 0 Å². The molecule has 0 unspecified atom stereocenters. The molecule has 0 aliphatic heterocycles. The predicted molar refractivity (Wildman–Crippen MR) is 117 cm³/mol. The second kappa shape index (κ2) is 9.04. The van der Waals surface area contributed by atoms with E-state index in [4.69, 9.17) is 0 Å². The predicted octanol–water partition coefficient (Wildman–Crippen LogP) is 5.23. The number of hydrogen-bond acceptors (Lipinski definition) is 4. The molecule has 144 valence electrons. The summed E-state index contributed by atoms with van der Waals surface area (Å²) in [6.07, 6.45) is 1.64. The van der Waals surface area contributed by atoms with E-state index >= 15 is 0 Å². The monoisotopic (exact) mass is 374 g/mol. The van der Waals surface area contributed by atoms with Crippen molar-refractivity contribution in [1.82, 2.24) is 4.98 Å². The zero-order chi connectivity index (χ0) is 19.9. The summed E-state index contributed by atoms with van der Waals surface area (Å²) < 4.78 is 0. The van der Waals surface area contributed by atoms with Crippen LogP contribution in [0, 0.1) is 6.92 Å². The van der Waals surface area contributed by atoms with Crippen LogP contribution in [0.1, 0.15) is 29.9 Å². The summed E-state index contributed by atoms with van der Waals surface area (Å²) >= 11 is 0. The second-order valence-corrected chi connectivity index (χ2v) is 6.60. The van der Waals surface area contributed by atoms with Gasteiger partial charge in [0.05, 0.1) is 0 Å². The topological polar surface area (TPSA) is 57.3 Å². The van der Waals surface area contributed by atoms with Crippen LogP contribution >= 0.6 is 0 Å². The van der Waals surface area contributed by atoms with Gasteiger partial charge in [0, 0.05) is 42.0 Å². The first-order chi connectivity index (χ1) is 13.6. The summed E-state index contributed by atoms with van der Waals surface area (Å²) in [6.45, 7) is 8.20. The van der Waals surface area contributed by atoms with Gasteiger partial charge >= 0.3 is 0 Å². The standard InChI is InChI=1S/C23H26N4O/c1-4-27(5-2)21-11-9-18(10-12-21)26-23(28)22-16-20(13-14-24-22)25-19-8-6-7-17(3)15-19/h6-16H,4-5H2,1-3H3,(H,24,25)(H,26,28). The minimum Gasteiger partial charge on any atom is -0.372 e. The molecule has 0 saturated heterocycles. The van der Waals surface area contributed by atoms with Crippen LogP contribution in [0.25, 0.3) is 0 Å². The highest BCUT2D eigenvalue weighted by atomic mass is 16.1. The molecule has 2 N–H and O–H groups in total. The maximum Gasteiger partial charge on any atom is 0.274 e. The second-order valence-electron chi connectivity index (χ2n) is 6.60. The molecule has 5 nitrogen and oxygen atoms in total. The normalized spacial score (nSPS) is 10.4. The van der Waals surface area contributed by atoms with Gasteiger partial charge in [0.2, 0.25) is 0 Å². The third-order valence-corrected chi connectivity index (χ3v) is 4.55. The molecule has 0 aliphatic carbocycles. The highest BCUT2D eigenvalue weighted by molar-refractivity contribution is 6.03. The van der Waals surface area contributed by atoms with Gasteiger partial charge < -0.3 is 15.5 Å². The van der Waals surface area contributed by atoms with Gasteiger partial charge in [-0.05, 0) is 74.9 Å². The molecule has 0 fully saturated rings. The van der Waals surface area contributed by atoms with Crippen LogP contribution < -0.4 is 15.5 Å². The van der Waals surface area contributed by atoms with E-state index in [1.165, 1.54) is 5.56 Å². The number of hydrogen-bond donors (Lipinski definition) is 2. The Morgan fingerprint density at radius 2 is 1.64 bits per heavy atom. The van der Waals surface area contributed by atoms with Crippen molar-refractivity contribution in [3.63, 3.8) is 0 Å². The van der Waals surface area contributed by atoms with Crippen LogP contribution in [-0.4, -0.2) is 24.0 Å². The molecule has 1 aromatic heterocycles. The molecule has 28 heavy (non-hydrogen) atoms. The Morgan fingerprint density at radius 1 is 0.929 bits per heavy atom. The first-order valence-electron chi connectivity index (χ1n) is 9.55. The van der Waals surface area contributed by atoms with E-state index in [-0.39, 0.29) is 5.91 Å². The molecule has 1 heterocycles. The molecule has 0 atom stereocenters. The van der Waals surface area contributed by atoms with Gasteiger partial charge in [-0.2, -0.15) is 0 Å². The Labute approximate surface area is 166 Å². The number of benzene rings is 2. The van der Waals surface area contributed by atoms with E-state index in [9.17, 15) is 4.79 Å². The van der Waals surface area contributed by atoms with Crippen LogP contribution in [0.5, 0.6) is 0 Å². The average Bonchev–Trinajstić information content (AvgIpc) is 2.70. The first kappa shape index (κ1) is 19.4. The minimum absolute atomic E-state index is 0.233. The number of aromatic nitrogens is 1. The third kappa shape index (κ3) is 4.88. The van der Waals surface area contributed by atoms with Crippen molar-refractivity contribution in [3.05, 3.63) is 78.1 Å². The third-order valence-electron chi connectivity index (χ3n) is 4.55. The zero-order valence-electron chi connectivity index (χ0n) is 16.6. The molecule has 0 bridgehead atoms. The number of pyridine rings is 1. The molecule has 0 aliphatic rings. The molecule has 2 aromatic carbocycles. The molecule has 1 amide bonds. The Bertz CT molecular complexity index is 933. The number of nitrogens with one attached hydrogen (secondary N) is 2. The molecule has 0 saturated carbocycles. The fraction of sp³-hybridized carbons (Fsp3) is 0.217. The van der Waals surface area contributed by atoms with E-state index in [0.717, 1.165) is 35.8 Å². The Morgan fingerprint density at radius 3 is 2.32 bits per heavy atom.